The van der Waals surface area contributed by atoms with E-state index in [1.54, 1.807) is 18.3 Å². The molecule has 0 saturated carbocycles. The topological polar surface area (TPSA) is 78.4 Å². The van der Waals surface area contributed by atoms with Crippen LogP contribution in [0.25, 0.3) is 6.08 Å². The van der Waals surface area contributed by atoms with Gasteiger partial charge in [-0.25, -0.2) is 9.97 Å². The summed E-state index contributed by atoms with van der Waals surface area (Å²) in [6, 6.07) is 1.77. The van der Waals surface area contributed by atoms with Crippen LogP contribution in [0.3, 0.4) is 0 Å². The summed E-state index contributed by atoms with van der Waals surface area (Å²) in [6.45, 7) is 4.25. The Hall–Kier alpha value is -1.93. The van der Waals surface area contributed by atoms with E-state index in [0.29, 0.717) is 22.0 Å². The highest BCUT2D eigenvalue weighted by Gasteiger charge is 2.39. The predicted molar refractivity (Wildman–Crippen MR) is 102 cm³/mol. The largest absolute Gasteiger partial charge is 0.340 e. The maximum atomic E-state index is 11.7. The second-order valence-corrected chi connectivity index (χ2v) is 8.51. The monoisotopic (exact) mass is 373 g/mol. The minimum atomic E-state index is -0.359. The van der Waals surface area contributed by atoms with E-state index in [-0.39, 0.29) is 11.1 Å². The molecule has 1 unspecified atom stereocenters. The lowest BCUT2D eigenvalue weighted by atomic mass is 9.74. The lowest BCUT2D eigenvalue weighted by Gasteiger charge is -2.47. The minimum Gasteiger partial charge on any atom is -0.340 e. The van der Waals surface area contributed by atoms with Crippen molar-refractivity contribution < 1.29 is 9.59 Å². The molecule has 0 aromatic carbocycles. The number of aromatic nitrogens is 2. The van der Waals surface area contributed by atoms with E-state index in [1.165, 1.54) is 25.8 Å². The maximum absolute atomic E-state index is 11.7. The van der Waals surface area contributed by atoms with Gasteiger partial charge in [-0.2, -0.15) is 0 Å². The van der Waals surface area contributed by atoms with E-state index in [1.807, 2.05) is 0 Å². The molecule has 4 rings (SSSR count). The van der Waals surface area contributed by atoms with E-state index < -0.39 is 0 Å². The van der Waals surface area contributed by atoms with Gasteiger partial charge in [0, 0.05) is 31.2 Å². The van der Waals surface area contributed by atoms with Gasteiger partial charge in [0.05, 0.1) is 10.6 Å². The molecule has 3 fully saturated rings. The van der Waals surface area contributed by atoms with Gasteiger partial charge in [0.2, 0.25) is 5.95 Å². The molecule has 0 radical (unpaired) electrons. The molecule has 7 nitrogen and oxygen atoms in total. The van der Waals surface area contributed by atoms with Crippen molar-refractivity contribution in [3.8, 4) is 0 Å². The van der Waals surface area contributed by atoms with Crippen molar-refractivity contribution in [1.29, 1.82) is 0 Å². The molecule has 3 aliphatic heterocycles. The Balaban J connectivity index is 1.54. The third-order valence-corrected chi connectivity index (χ3v) is 6.19. The standard InChI is InChI=1S/C18H23N5O2S/c1-22-8-2-5-18(11-22)6-3-9-23(12-18)16-19-7-4-13(20-16)10-14-15(24)21-17(25)26-14/h4,7,10H,2-3,5-6,8-9,11-12H2,1H3,(H,21,24,25)/b14-10+. The summed E-state index contributed by atoms with van der Waals surface area (Å²) in [5.41, 5.74) is 0.985. The van der Waals surface area contributed by atoms with Gasteiger partial charge in [0.25, 0.3) is 11.1 Å². The molecule has 1 aromatic heterocycles. The first-order valence-electron chi connectivity index (χ1n) is 9.04. The minimum absolute atomic E-state index is 0.330. The first kappa shape index (κ1) is 17.5. The molecule has 1 atom stereocenters. The van der Waals surface area contributed by atoms with Crippen molar-refractivity contribution in [2.45, 2.75) is 25.7 Å². The molecule has 4 heterocycles. The Morgan fingerprint density at radius 1 is 1.23 bits per heavy atom. The molecule has 26 heavy (non-hydrogen) atoms. The summed E-state index contributed by atoms with van der Waals surface area (Å²) in [7, 11) is 2.20. The SMILES string of the molecule is CN1CCCC2(CCCN(c3nccc(/C=C4/SC(=O)NC4=O)n3)C2)C1. The third-order valence-electron chi connectivity index (χ3n) is 5.38. The smallest absolute Gasteiger partial charge is 0.290 e. The van der Waals surface area contributed by atoms with E-state index >= 15 is 0 Å². The fraction of sp³-hybridized carbons (Fsp3) is 0.556. The van der Waals surface area contributed by atoms with E-state index in [4.69, 9.17) is 0 Å². The highest BCUT2D eigenvalue weighted by Crippen LogP contribution is 2.38. The highest BCUT2D eigenvalue weighted by molar-refractivity contribution is 8.18. The van der Waals surface area contributed by atoms with E-state index in [0.717, 1.165) is 37.8 Å². The summed E-state index contributed by atoms with van der Waals surface area (Å²) >= 11 is 0.910. The number of rotatable bonds is 2. The number of amides is 2. The van der Waals surface area contributed by atoms with Gasteiger partial charge in [0.15, 0.2) is 0 Å². The van der Waals surface area contributed by atoms with Crippen molar-refractivity contribution >= 4 is 34.9 Å². The van der Waals surface area contributed by atoms with Crippen LogP contribution in [0.5, 0.6) is 0 Å². The van der Waals surface area contributed by atoms with Crippen LogP contribution in [0.15, 0.2) is 17.2 Å². The number of nitrogens with one attached hydrogen (secondary N) is 1. The summed E-state index contributed by atoms with van der Waals surface area (Å²) in [4.78, 5) is 37.2. The molecule has 0 aliphatic carbocycles. The van der Waals surface area contributed by atoms with Crippen molar-refractivity contribution in [3.05, 3.63) is 22.9 Å². The van der Waals surface area contributed by atoms with Crippen LogP contribution in [0.4, 0.5) is 10.7 Å². The Kier molecular flexibility index (Phi) is 4.71. The molecular formula is C18H23N5O2S. The lowest BCUT2D eigenvalue weighted by Crippen LogP contribution is -2.51. The second kappa shape index (κ2) is 7.00. The number of carbonyl (C=O) groups excluding carboxylic acids is 2. The lowest BCUT2D eigenvalue weighted by molar-refractivity contribution is -0.115. The molecular weight excluding hydrogens is 350 g/mol. The maximum Gasteiger partial charge on any atom is 0.290 e. The van der Waals surface area contributed by atoms with Crippen LogP contribution >= 0.6 is 11.8 Å². The number of carbonyl (C=O) groups is 2. The predicted octanol–water partition coefficient (Wildman–Crippen LogP) is 2.11. The second-order valence-electron chi connectivity index (χ2n) is 7.50. The number of hydrogen-bond donors (Lipinski definition) is 1. The average Bonchev–Trinajstić information content (AvgIpc) is 2.92. The van der Waals surface area contributed by atoms with Crippen LogP contribution in [0.2, 0.25) is 0 Å². The van der Waals surface area contributed by atoms with Crippen molar-refractivity contribution in [3.63, 3.8) is 0 Å². The molecule has 2 amide bonds. The van der Waals surface area contributed by atoms with Crippen molar-refractivity contribution in [2.24, 2.45) is 5.41 Å². The Morgan fingerprint density at radius 3 is 2.77 bits per heavy atom. The third kappa shape index (κ3) is 3.61. The summed E-state index contributed by atoms with van der Waals surface area (Å²) in [6.07, 6.45) is 8.30. The van der Waals surface area contributed by atoms with Gasteiger partial charge in [-0.15, -0.1) is 0 Å². The number of piperidine rings is 2. The molecule has 3 aliphatic rings. The first-order chi connectivity index (χ1) is 12.5. The summed E-state index contributed by atoms with van der Waals surface area (Å²) in [5.74, 6) is 0.351. The number of likely N-dealkylation sites (tertiary alicyclic amines) is 1. The van der Waals surface area contributed by atoms with Crippen LogP contribution in [0, 0.1) is 5.41 Å². The van der Waals surface area contributed by atoms with Crippen LogP contribution in [0.1, 0.15) is 31.4 Å². The number of nitrogens with zero attached hydrogens (tertiary/aromatic N) is 4. The van der Waals surface area contributed by atoms with Crippen LogP contribution < -0.4 is 10.2 Å². The highest BCUT2D eigenvalue weighted by atomic mass is 32.2. The molecule has 3 saturated heterocycles. The number of thioether (sulfide) groups is 1. The van der Waals surface area contributed by atoms with E-state index in [2.05, 4.69) is 32.1 Å². The first-order valence-corrected chi connectivity index (χ1v) is 9.86. The van der Waals surface area contributed by atoms with Gasteiger partial charge in [-0.1, -0.05) is 0 Å². The number of hydrogen-bond acceptors (Lipinski definition) is 7. The fourth-order valence-corrected chi connectivity index (χ4v) is 4.98. The fourth-order valence-electron chi connectivity index (χ4n) is 4.32. The zero-order valence-electron chi connectivity index (χ0n) is 14.9. The van der Waals surface area contributed by atoms with Crippen molar-refractivity contribution in [2.75, 3.05) is 38.1 Å². The molecule has 0 bridgehead atoms. The Labute approximate surface area is 157 Å². The molecule has 8 heteroatoms. The number of imide groups is 1. The van der Waals surface area contributed by atoms with Gasteiger partial charge in [-0.3, -0.25) is 14.9 Å². The van der Waals surface area contributed by atoms with Crippen LogP contribution in [-0.2, 0) is 4.79 Å². The summed E-state index contributed by atoms with van der Waals surface area (Å²) in [5, 5.41) is 1.93. The molecule has 1 N–H and O–H groups in total. The summed E-state index contributed by atoms with van der Waals surface area (Å²) < 4.78 is 0. The van der Waals surface area contributed by atoms with E-state index in [9.17, 15) is 9.59 Å². The number of anilines is 1. The Morgan fingerprint density at radius 2 is 2.04 bits per heavy atom. The van der Waals surface area contributed by atoms with Crippen molar-refractivity contribution in [1.82, 2.24) is 20.2 Å². The van der Waals surface area contributed by atoms with Gasteiger partial charge in [0.1, 0.15) is 0 Å². The average molecular weight is 373 g/mol. The van der Waals surface area contributed by atoms with Gasteiger partial charge < -0.3 is 9.80 Å². The molecule has 1 aromatic rings. The van der Waals surface area contributed by atoms with Crippen LogP contribution in [-0.4, -0.2) is 59.2 Å². The molecule has 138 valence electrons. The zero-order valence-corrected chi connectivity index (χ0v) is 15.7. The normalized spacial score (nSPS) is 28.8. The van der Waals surface area contributed by atoms with Gasteiger partial charge in [-0.05, 0) is 63.2 Å². The molecule has 1 spiro atoms. The zero-order chi connectivity index (χ0) is 18.1. The quantitative estimate of drug-likeness (QED) is 0.796. The van der Waals surface area contributed by atoms with Gasteiger partial charge >= 0.3 is 0 Å². The Bertz CT molecular complexity index is 764.